The standard InChI is InChI=1S/C11H11BrFN3O/c1-16-11(14-6-15-16)5-10(17)8-3-2-7(13)4-9(8)12/h2-4,6,10,17H,5H2,1H3. The molecule has 0 spiro atoms. The predicted octanol–water partition coefficient (Wildman–Crippen LogP) is 1.99. The maximum Gasteiger partial charge on any atom is 0.138 e. The lowest BCUT2D eigenvalue weighted by Crippen LogP contribution is -2.08. The molecule has 0 saturated heterocycles. The molecule has 0 aliphatic rings. The van der Waals surface area contributed by atoms with Crippen LogP contribution in [0, 0.1) is 5.82 Å². The van der Waals surface area contributed by atoms with Gasteiger partial charge in [-0.2, -0.15) is 5.10 Å². The van der Waals surface area contributed by atoms with E-state index in [1.807, 2.05) is 0 Å². The molecule has 0 radical (unpaired) electrons. The molecular formula is C11H11BrFN3O. The number of benzene rings is 1. The maximum atomic E-state index is 12.9. The number of rotatable bonds is 3. The molecule has 0 saturated carbocycles. The molecule has 0 amide bonds. The van der Waals surface area contributed by atoms with Crippen LogP contribution in [0.5, 0.6) is 0 Å². The second-order valence-corrected chi connectivity index (χ2v) is 4.54. The number of hydrogen-bond donors (Lipinski definition) is 1. The van der Waals surface area contributed by atoms with Crippen LogP contribution in [-0.2, 0) is 13.5 Å². The summed E-state index contributed by atoms with van der Waals surface area (Å²) in [5, 5.41) is 14.0. The second-order valence-electron chi connectivity index (χ2n) is 3.69. The summed E-state index contributed by atoms with van der Waals surface area (Å²) in [5.41, 5.74) is 0.634. The molecule has 1 N–H and O–H groups in total. The predicted molar refractivity (Wildman–Crippen MR) is 63.8 cm³/mol. The van der Waals surface area contributed by atoms with Crippen molar-refractivity contribution in [2.45, 2.75) is 12.5 Å². The van der Waals surface area contributed by atoms with Crippen molar-refractivity contribution in [3.63, 3.8) is 0 Å². The molecule has 4 nitrogen and oxygen atoms in total. The average molecular weight is 300 g/mol. The van der Waals surface area contributed by atoms with Crippen molar-refractivity contribution in [2.75, 3.05) is 0 Å². The van der Waals surface area contributed by atoms with E-state index in [1.54, 1.807) is 17.8 Å². The third-order valence-electron chi connectivity index (χ3n) is 2.50. The third kappa shape index (κ3) is 2.70. The van der Waals surface area contributed by atoms with Gasteiger partial charge in [0.2, 0.25) is 0 Å². The number of hydrogen-bond acceptors (Lipinski definition) is 3. The fourth-order valence-electron chi connectivity index (χ4n) is 1.56. The lowest BCUT2D eigenvalue weighted by Gasteiger charge is -2.12. The molecule has 2 aromatic rings. The third-order valence-corrected chi connectivity index (χ3v) is 3.19. The van der Waals surface area contributed by atoms with Crippen molar-refractivity contribution in [1.29, 1.82) is 0 Å². The van der Waals surface area contributed by atoms with Gasteiger partial charge < -0.3 is 5.11 Å². The maximum absolute atomic E-state index is 12.9. The Morgan fingerprint density at radius 3 is 2.88 bits per heavy atom. The summed E-state index contributed by atoms with van der Waals surface area (Å²) in [7, 11) is 1.76. The average Bonchev–Trinajstić information content (AvgIpc) is 2.64. The molecule has 6 heteroatoms. The minimum atomic E-state index is -0.743. The summed E-state index contributed by atoms with van der Waals surface area (Å²) in [6.45, 7) is 0. The molecule has 1 unspecified atom stereocenters. The normalized spacial score (nSPS) is 12.7. The van der Waals surface area contributed by atoms with E-state index < -0.39 is 6.10 Å². The Bertz CT molecular complexity index is 529. The van der Waals surface area contributed by atoms with Gasteiger partial charge in [0.15, 0.2) is 0 Å². The highest BCUT2D eigenvalue weighted by molar-refractivity contribution is 9.10. The van der Waals surface area contributed by atoms with Crippen LogP contribution in [0.2, 0.25) is 0 Å². The Morgan fingerprint density at radius 1 is 1.53 bits per heavy atom. The zero-order chi connectivity index (χ0) is 12.4. The molecule has 90 valence electrons. The van der Waals surface area contributed by atoms with Gasteiger partial charge in [0.1, 0.15) is 18.0 Å². The van der Waals surface area contributed by atoms with Gasteiger partial charge in [-0.25, -0.2) is 9.37 Å². The Labute approximate surface area is 106 Å². The molecule has 0 aliphatic heterocycles. The molecule has 0 aliphatic carbocycles. The highest BCUT2D eigenvalue weighted by atomic mass is 79.9. The van der Waals surface area contributed by atoms with Crippen molar-refractivity contribution in [2.24, 2.45) is 7.05 Å². The Hall–Kier alpha value is -1.27. The van der Waals surface area contributed by atoms with Gasteiger partial charge in [-0.3, -0.25) is 4.68 Å². The first-order valence-electron chi connectivity index (χ1n) is 5.04. The lowest BCUT2D eigenvalue weighted by molar-refractivity contribution is 0.173. The summed E-state index contributed by atoms with van der Waals surface area (Å²) in [5.74, 6) is 0.334. The number of aliphatic hydroxyl groups is 1. The van der Waals surface area contributed by atoms with Gasteiger partial charge in [0.05, 0.1) is 6.10 Å². The molecule has 0 fully saturated rings. The molecule has 0 bridgehead atoms. The first kappa shape index (κ1) is 12.2. The highest BCUT2D eigenvalue weighted by Crippen LogP contribution is 2.26. The van der Waals surface area contributed by atoms with E-state index in [4.69, 9.17) is 0 Å². The van der Waals surface area contributed by atoms with Gasteiger partial charge in [-0.15, -0.1) is 0 Å². The summed E-state index contributed by atoms with van der Waals surface area (Å²) >= 11 is 3.23. The lowest BCUT2D eigenvalue weighted by atomic mass is 10.1. The Morgan fingerprint density at radius 2 is 2.29 bits per heavy atom. The van der Waals surface area contributed by atoms with Gasteiger partial charge in [0, 0.05) is 17.9 Å². The van der Waals surface area contributed by atoms with Crippen molar-refractivity contribution < 1.29 is 9.50 Å². The van der Waals surface area contributed by atoms with Crippen LogP contribution in [-0.4, -0.2) is 19.9 Å². The summed E-state index contributed by atoms with van der Waals surface area (Å²) < 4.78 is 15.1. The topological polar surface area (TPSA) is 50.9 Å². The van der Waals surface area contributed by atoms with Crippen LogP contribution in [0.1, 0.15) is 17.5 Å². The Balaban J connectivity index is 2.20. The first-order valence-corrected chi connectivity index (χ1v) is 5.83. The SMILES string of the molecule is Cn1ncnc1CC(O)c1ccc(F)cc1Br. The Kier molecular flexibility index (Phi) is 3.54. The fraction of sp³-hybridized carbons (Fsp3) is 0.273. The molecule has 1 aromatic heterocycles. The molecule has 1 atom stereocenters. The van der Waals surface area contributed by atoms with Crippen LogP contribution in [0.4, 0.5) is 4.39 Å². The molecule has 1 aromatic carbocycles. The van der Waals surface area contributed by atoms with Gasteiger partial charge in [-0.05, 0) is 17.7 Å². The first-order chi connectivity index (χ1) is 8.08. The van der Waals surface area contributed by atoms with Crippen molar-refractivity contribution in [1.82, 2.24) is 14.8 Å². The van der Waals surface area contributed by atoms with E-state index in [1.165, 1.54) is 18.5 Å². The largest absolute Gasteiger partial charge is 0.388 e. The van der Waals surface area contributed by atoms with Gasteiger partial charge in [0.25, 0.3) is 0 Å². The van der Waals surface area contributed by atoms with E-state index in [-0.39, 0.29) is 5.82 Å². The monoisotopic (exact) mass is 299 g/mol. The molecule has 17 heavy (non-hydrogen) atoms. The second kappa shape index (κ2) is 4.93. The zero-order valence-corrected chi connectivity index (χ0v) is 10.7. The summed E-state index contributed by atoms with van der Waals surface area (Å²) in [6.07, 6.45) is 1.02. The van der Waals surface area contributed by atoms with Gasteiger partial charge >= 0.3 is 0 Å². The fourth-order valence-corrected chi connectivity index (χ4v) is 2.17. The summed E-state index contributed by atoms with van der Waals surface area (Å²) in [6, 6.07) is 4.20. The number of nitrogens with zero attached hydrogens (tertiary/aromatic N) is 3. The molecular weight excluding hydrogens is 289 g/mol. The van der Waals surface area contributed by atoms with Crippen molar-refractivity contribution >= 4 is 15.9 Å². The van der Waals surface area contributed by atoms with E-state index in [2.05, 4.69) is 26.0 Å². The van der Waals surface area contributed by atoms with Crippen molar-refractivity contribution in [3.05, 3.63) is 46.2 Å². The number of aliphatic hydroxyl groups excluding tert-OH is 1. The van der Waals surface area contributed by atoms with E-state index in [0.29, 0.717) is 22.3 Å². The van der Waals surface area contributed by atoms with Crippen LogP contribution >= 0.6 is 15.9 Å². The highest BCUT2D eigenvalue weighted by Gasteiger charge is 2.15. The van der Waals surface area contributed by atoms with Crippen molar-refractivity contribution in [3.8, 4) is 0 Å². The zero-order valence-electron chi connectivity index (χ0n) is 9.14. The molecule has 2 rings (SSSR count). The summed E-state index contributed by atoms with van der Waals surface area (Å²) in [4.78, 5) is 4.03. The van der Waals surface area contributed by atoms with Crippen LogP contribution in [0.15, 0.2) is 29.0 Å². The van der Waals surface area contributed by atoms with Gasteiger partial charge in [-0.1, -0.05) is 22.0 Å². The minimum absolute atomic E-state index is 0.334. The van der Waals surface area contributed by atoms with Crippen LogP contribution in [0.25, 0.3) is 0 Å². The van der Waals surface area contributed by atoms with Crippen LogP contribution in [0.3, 0.4) is 0 Å². The number of aromatic nitrogens is 3. The van der Waals surface area contributed by atoms with E-state index in [0.717, 1.165) is 0 Å². The quantitative estimate of drug-likeness (QED) is 0.943. The molecule has 1 heterocycles. The number of halogens is 2. The number of aryl methyl sites for hydroxylation is 1. The minimum Gasteiger partial charge on any atom is -0.388 e. The smallest absolute Gasteiger partial charge is 0.138 e. The van der Waals surface area contributed by atoms with E-state index >= 15 is 0 Å². The van der Waals surface area contributed by atoms with E-state index in [9.17, 15) is 9.50 Å². The van der Waals surface area contributed by atoms with Crippen LogP contribution < -0.4 is 0 Å².